The van der Waals surface area contributed by atoms with Gasteiger partial charge in [-0.1, -0.05) is 19.0 Å². The molecule has 1 heterocycles. The topological polar surface area (TPSA) is 80.9 Å². The number of ether oxygens (including phenoxy) is 2. The zero-order chi connectivity index (χ0) is 19.6. The molecule has 0 aliphatic rings. The lowest BCUT2D eigenvalue weighted by molar-refractivity contribution is 0.223. The number of nitrogens with one attached hydrogen (secondary N) is 2. The minimum atomic E-state index is -0.0277. The molecule has 156 valence electrons. The van der Waals surface area contributed by atoms with Gasteiger partial charge in [0.2, 0.25) is 0 Å². The van der Waals surface area contributed by atoms with Crippen LogP contribution in [0.4, 0.5) is 0 Å². The number of hydrogen-bond acceptors (Lipinski definition) is 5. The van der Waals surface area contributed by atoms with Crippen LogP contribution >= 0.6 is 24.0 Å². The van der Waals surface area contributed by atoms with Crippen molar-refractivity contribution < 1.29 is 14.0 Å². The molecule has 0 radical (unpaired) electrons. The first-order valence-corrected chi connectivity index (χ1v) is 9.30. The van der Waals surface area contributed by atoms with Gasteiger partial charge in [-0.15, -0.1) is 24.0 Å². The lowest BCUT2D eigenvalue weighted by Crippen LogP contribution is -2.41. The van der Waals surface area contributed by atoms with Gasteiger partial charge in [0.15, 0.2) is 11.7 Å². The first kappa shape index (κ1) is 24.1. The molecule has 0 saturated carbocycles. The van der Waals surface area contributed by atoms with Gasteiger partial charge in [0.1, 0.15) is 24.1 Å². The second-order valence-corrected chi connectivity index (χ2v) is 6.55. The highest BCUT2D eigenvalue weighted by atomic mass is 127. The maximum atomic E-state index is 5.91. The average Bonchev–Trinajstić information content (AvgIpc) is 3.14. The number of benzene rings is 1. The summed E-state index contributed by atoms with van der Waals surface area (Å²) in [4.78, 5) is 4.55. The molecule has 2 rings (SSSR count). The van der Waals surface area contributed by atoms with Gasteiger partial charge in [0.25, 0.3) is 0 Å². The third kappa shape index (κ3) is 7.95. The van der Waals surface area contributed by atoms with Gasteiger partial charge < -0.3 is 24.6 Å². The molecular weight excluding hydrogens is 471 g/mol. The molecule has 1 aromatic heterocycles. The Kier molecular flexibility index (Phi) is 10.7. The first-order valence-electron chi connectivity index (χ1n) is 9.30. The number of aliphatic imine (C=N–C) groups is 1. The fraction of sp³-hybridized carbons (Fsp3) is 0.500. The van der Waals surface area contributed by atoms with Crippen molar-refractivity contribution in [2.75, 3.05) is 20.2 Å². The Balaban J connectivity index is 0.00000392. The maximum absolute atomic E-state index is 5.91. The van der Waals surface area contributed by atoms with Crippen molar-refractivity contribution in [3.05, 3.63) is 41.8 Å². The number of guanidine groups is 1. The third-order valence-corrected chi connectivity index (χ3v) is 3.86. The van der Waals surface area contributed by atoms with Crippen LogP contribution in [0.3, 0.4) is 0 Å². The molecule has 28 heavy (non-hydrogen) atoms. The highest BCUT2D eigenvalue weighted by Gasteiger charge is 2.09. The standard InChI is InChI=1S/C20H30N4O3.HI/c1-6-21-20(23-13-18-11-19(14(2)3)24-27-18)22-12-15(4)26-17-9-7-16(25-5)8-10-17;/h7-11,14-15H,6,12-13H2,1-5H3,(H2,21,22,23);1H. The Morgan fingerprint density at radius 2 is 1.82 bits per heavy atom. The molecule has 0 bridgehead atoms. The monoisotopic (exact) mass is 502 g/mol. The minimum Gasteiger partial charge on any atom is -0.497 e. The predicted octanol–water partition coefficient (Wildman–Crippen LogP) is 3.95. The molecule has 2 N–H and O–H groups in total. The molecule has 1 atom stereocenters. The largest absolute Gasteiger partial charge is 0.497 e. The molecule has 1 aromatic carbocycles. The zero-order valence-electron chi connectivity index (χ0n) is 17.2. The van der Waals surface area contributed by atoms with Crippen LogP contribution in [0.15, 0.2) is 39.8 Å². The van der Waals surface area contributed by atoms with Gasteiger partial charge >= 0.3 is 0 Å². The highest BCUT2D eigenvalue weighted by Crippen LogP contribution is 2.18. The molecule has 0 spiro atoms. The Labute approximate surface area is 184 Å². The van der Waals surface area contributed by atoms with E-state index >= 15 is 0 Å². The first-order chi connectivity index (χ1) is 13.0. The van der Waals surface area contributed by atoms with Crippen LogP contribution < -0.4 is 20.1 Å². The van der Waals surface area contributed by atoms with Crippen molar-refractivity contribution in [2.24, 2.45) is 4.99 Å². The van der Waals surface area contributed by atoms with E-state index in [9.17, 15) is 0 Å². The van der Waals surface area contributed by atoms with Gasteiger partial charge in [-0.05, 0) is 44.0 Å². The summed E-state index contributed by atoms with van der Waals surface area (Å²) >= 11 is 0. The molecular formula is C20H31IN4O3. The smallest absolute Gasteiger partial charge is 0.191 e. The van der Waals surface area contributed by atoms with E-state index in [1.54, 1.807) is 7.11 Å². The molecule has 0 amide bonds. The average molecular weight is 502 g/mol. The number of halogens is 1. The second kappa shape index (κ2) is 12.5. The van der Waals surface area contributed by atoms with Crippen LogP contribution in [-0.2, 0) is 6.54 Å². The second-order valence-electron chi connectivity index (χ2n) is 6.55. The Morgan fingerprint density at radius 3 is 2.39 bits per heavy atom. The van der Waals surface area contributed by atoms with Gasteiger partial charge in [-0.25, -0.2) is 4.99 Å². The number of aromatic nitrogens is 1. The molecule has 1 unspecified atom stereocenters. The lowest BCUT2D eigenvalue weighted by Gasteiger charge is -2.17. The number of hydrogen-bond donors (Lipinski definition) is 2. The summed E-state index contributed by atoms with van der Waals surface area (Å²) in [5.74, 6) is 3.41. The van der Waals surface area contributed by atoms with Crippen LogP contribution in [0, 0.1) is 0 Å². The van der Waals surface area contributed by atoms with Crippen LogP contribution in [0.2, 0.25) is 0 Å². The van der Waals surface area contributed by atoms with E-state index in [1.807, 2.05) is 44.2 Å². The number of methoxy groups -OCH3 is 1. The predicted molar refractivity (Wildman–Crippen MR) is 122 cm³/mol. The van der Waals surface area contributed by atoms with E-state index in [-0.39, 0.29) is 30.1 Å². The molecule has 0 aliphatic carbocycles. The number of nitrogens with zero attached hydrogens (tertiary/aromatic N) is 2. The van der Waals surface area contributed by atoms with Crippen molar-refractivity contribution in [1.82, 2.24) is 15.8 Å². The number of rotatable bonds is 9. The van der Waals surface area contributed by atoms with Crippen molar-refractivity contribution in [3.63, 3.8) is 0 Å². The minimum absolute atomic E-state index is 0. The molecule has 8 heteroatoms. The summed E-state index contributed by atoms with van der Waals surface area (Å²) in [7, 11) is 1.65. The van der Waals surface area contributed by atoms with Crippen LogP contribution in [-0.4, -0.2) is 37.4 Å². The van der Waals surface area contributed by atoms with Crippen LogP contribution in [0.5, 0.6) is 11.5 Å². The maximum Gasteiger partial charge on any atom is 0.191 e. The summed E-state index contributed by atoms with van der Waals surface area (Å²) in [6.07, 6.45) is -0.0277. The molecule has 0 fully saturated rings. The van der Waals surface area contributed by atoms with E-state index in [0.29, 0.717) is 25.0 Å². The lowest BCUT2D eigenvalue weighted by atomic mass is 10.1. The Bertz CT molecular complexity index is 716. The molecule has 2 aromatic rings. The van der Waals surface area contributed by atoms with E-state index < -0.39 is 0 Å². The van der Waals surface area contributed by atoms with E-state index in [4.69, 9.17) is 14.0 Å². The van der Waals surface area contributed by atoms with Crippen molar-refractivity contribution in [1.29, 1.82) is 0 Å². The normalized spacial score (nSPS) is 12.3. The summed E-state index contributed by atoms with van der Waals surface area (Å²) in [5.41, 5.74) is 0.944. The zero-order valence-corrected chi connectivity index (χ0v) is 19.5. The SMILES string of the molecule is CCNC(=NCc1cc(C(C)C)no1)NCC(C)Oc1ccc(OC)cc1.I. The Morgan fingerprint density at radius 1 is 1.14 bits per heavy atom. The van der Waals surface area contributed by atoms with E-state index in [1.165, 1.54) is 0 Å². The van der Waals surface area contributed by atoms with Crippen molar-refractivity contribution >= 4 is 29.9 Å². The molecule has 0 saturated heterocycles. The van der Waals surface area contributed by atoms with Gasteiger partial charge in [-0.2, -0.15) is 0 Å². The summed E-state index contributed by atoms with van der Waals surface area (Å²) in [5, 5.41) is 10.6. The van der Waals surface area contributed by atoms with Crippen LogP contribution in [0.1, 0.15) is 45.1 Å². The quantitative estimate of drug-likeness (QED) is 0.307. The van der Waals surface area contributed by atoms with Crippen molar-refractivity contribution in [2.45, 2.75) is 46.3 Å². The Hall–Kier alpha value is -1.97. The molecule has 7 nitrogen and oxygen atoms in total. The van der Waals surface area contributed by atoms with E-state index in [2.05, 4.69) is 34.6 Å². The van der Waals surface area contributed by atoms with E-state index in [0.717, 1.165) is 29.5 Å². The van der Waals surface area contributed by atoms with Crippen LogP contribution in [0.25, 0.3) is 0 Å². The van der Waals surface area contributed by atoms with Gasteiger partial charge in [0.05, 0.1) is 19.3 Å². The summed E-state index contributed by atoms with van der Waals surface area (Å²) in [6, 6.07) is 9.50. The summed E-state index contributed by atoms with van der Waals surface area (Å²) in [6.45, 7) is 10.0. The van der Waals surface area contributed by atoms with Crippen molar-refractivity contribution in [3.8, 4) is 11.5 Å². The highest BCUT2D eigenvalue weighted by molar-refractivity contribution is 14.0. The molecule has 0 aliphatic heterocycles. The summed E-state index contributed by atoms with van der Waals surface area (Å²) < 4.78 is 16.4. The fourth-order valence-corrected chi connectivity index (χ4v) is 2.34. The third-order valence-electron chi connectivity index (χ3n) is 3.86. The fourth-order valence-electron chi connectivity index (χ4n) is 2.34. The van der Waals surface area contributed by atoms with Gasteiger partial charge in [-0.3, -0.25) is 0 Å². The van der Waals surface area contributed by atoms with Gasteiger partial charge in [0, 0.05) is 12.6 Å².